The third kappa shape index (κ3) is 5.56. The van der Waals surface area contributed by atoms with E-state index < -0.39 is 10.0 Å². The zero-order valence-electron chi connectivity index (χ0n) is 22.5. The molecule has 6 rings (SSSR count). The van der Waals surface area contributed by atoms with Gasteiger partial charge >= 0.3 is 0 Å². The zero-order chi connectivity index (χ0) is 27.9. The Morgan fingerprint density at radius 2 is 1.82 bits per heavy atom. The molecule has 2 saturated carbocycles. The van der Waals surface area contributed by atoms with Crippen molar-refractivity contribution < 1.29 is 13.5 Å². The minimum Gasteiger partial charge on any atom is -0.393 e. The first kappa shape index (κ1) is 26.4. The fourth-order valence-corrected chi connectivity index (χ4v) is 6.31. The molecule has 2 fully saturated rings. The van der Waals surface area contributed by atoms with E-state index in [1.807, 2.05) is 23.0 Å². The average Bonchev–Trinajstić information content (AvgIpc) is 3.48. The van der Waals surface area contributed by atoms with Crippen LogP contribution in [0.5, 0.6) is 0 Å². The van der Waals surface area contributed by atoms with E-state index in [-0.39, 0.29) is 23.4 Å². The summed E-state index contributed by atoms with van der Waals surface area (Å²) < 4.78 is 28.0. The average molecular weight is 564 g/mol. The highest BCUT2D eigenvalue weighted by Crippen LogP contribution is 2.33. The number of hydrogen-bond acceptors (Lipinski definition) is 10. The van der Waals surface area contributed by atoms with E-state index in [9.17, 15) is 13.5 Å². The summed E-state index contributed by atoms with van der Waals surface area (Å²) in [5, 5.41) is 25.3. The normalized spacial score (nSPS) is 19.6. The Labute approximate surface area is 232 Å². The van der Waals surface area contributed by atoms with E-state index in [0.717, 1.165) is 46.7 Å². The molecule has 4 aromatic heterocycles. The van der Waals surface area contributed by atoms with E-state index in [0.29, 0.717) is 35.9 Å². The number of anilines is 3. The Hall–Kier alpha value is -3.84. The summed E-state index contributed by atoms with van der Waals surface area (Å²) in [4.78, 5) is 13.5. The maximum atomic E-state index is 12.5. The number of aliphatic hydroxyl groups excluding tert-OH is 1. The number of nitrogens with zero attached hydrogens (tertiary/aromatic N) is 7. The van der Waals surface area contributed by atoms with Crippen molar-refractivity contribution in [1.82, 2.24) is 33.9 Å². The molecule has 0 radical (unpaired) electrons. The second-order valence-electron chi connectivity index (χ2n) is 10.8. The first-order chi connectivity index (χ1) is 19.3. The third-order valence-electron chi connectivity index (χ3n) is 7.31. The SMILES string of the molecule is CC(C)n1ccc(-c2cnc(Nc3ccnc(-c4cnn(S(=O)(=O)C5CC5)c4)n3)cc2NC2CCC(O)CC2)n1. The van der Waals surface area contributed by atoms with Gasteiger partial charge in [0.25, 0.3) is 10.0 Å². The number of nitrogens with one attached hydrogen (secondary N) is 2. The summed E-state index contributed by atoms with van der Waals surface area (Å²) in [7, 11) is -3.47. The van der Waals surface area contributed by atoms with Gasteiger partial charge in [0.05, 0.1) is 35.0 Å². The number of aliphatic hydroxyl groups is 1. The molecule has 0 unspecified atom stereocenters. The molecule has 210 valence electrons. The summed E-state index contributed by atoms with van der Waals surface area (Å²) in [6, 6.07) is 6.13. The quantitative estimate of drug-likeness (QED) is 0.273. The van der Waals surface area contributed by atoms with Crippen molar-refractivity contribution in [1.29, 1.82) is 0 Å². The van der Waals surface area contributed by atoms with Gasteiger partial charge in [-0.2, -0.15) is 14.3 Å². The first-order valence-electron chi connectivity index (χ1n) is 13.7. The van der Waals surface area contributed by atoms with Crippen molar-refractivity contribution in [2.24, 2.45) is 0 Å². The summed E-state index contributed by atoms with van der Waals surface area (Å²) >= 11 is 0. The standard InChI is InChI=1S/C27H33N9O3S/c1-17(2)35-12-10-23(34-35)22-15-29-26(13-24(22)31-19-3-5-20(37)6-4-19)32-25-9-11-28-27(33-25)18-14-30-36(16-18)40(38,39)21-7-8-21/h9-17,19-21,37H,3-8H2,1-2H3,(H2,28,29,31,32,33). The molecule has 4 heterocycles. The van der Waals surface area contributed by atoms with E-state index in [1.54, 1.807) is 18.5 Å². The van der Waals surface area contributed by atoms with Crippen LogP contribution < -0.4 is 10.6 Å². The molecule has 2 aliphatic rings. The summed E-state index contributed by atoms with van der Waals surface area (Å²) in [5.74, 6) is 1.46. The summed E-state index contributed by atoms with van der Waals surface area (Å²) in [6.07, 6.45) is 12.7. The van der Waals surface area contributed by atoms with Crippen molar-refractivity contribution >= 4 is 27.3 Å². The van der Waals surface area contributed by atoms with Crippen LogP contribution in [-0.4, -0.2) is 64.8 Å². The van der Waals surface area contributed by atoms with Crippen LogP contribution in [0.1, 0.15) is 58.4 Å². The second kappa shape index (κ2) is 10.6. The predicted octanol–water partition coefficient (Wildman–Crippen LogP) is 3.98. The van der Waals surface area contributed by atoms with E-state index in [4.69, 9.17) is 5.10 Å². The van der Waals surface area contributed by atoms with E-state index in [2.05, 4.69) is 44.5 Å². The van der Waals surface area contributed by atoms with Crippen LogP contribution in [0.25, 0.3) is 22.6 Å². The Morgan fingerprint density at radius 3 is 2.55 bits per heavy atom. The lowest BCUT2D eigenvalue weighted by molar-refractivity contribution is 0.126. The fourth-order valence-electron chi connectivity index (χ4n) is 4.83. The Bertz CT molecular complexity index is 1600. The van der Waals surface area contributed by atoms with Crippen LogP contribution in [0.2, 0.25) is 0 Å². The molecule has 40 heavy (non-hydrogen) atoms. The molecule has 0 aliphatic heterocycles. The number of aromatic nitrogens is 7. The van der Waals surface area contributed by atoms with Crippen LogP contribution in [-0.2, 0) is 10.0 Å². The van der Waals surface area contributed by atoms with Gasteiger partial charge in [0.2, 0.25) is 0 Å². The van der Waals surface area contributed by atoms with Gasteiger partial charge in [-0.25, -0.2) is 23.4 Å². The largest absolute Gasteiger partial charge is 0.393 e. The molecule has 0 amide bonds. The first-order valence-corrected chi connectivity index (χ1v) is 15.2. The third-order valence-corrected chi connectivity index (χ3v) is 9.35. The maximum Gasteiger partial charge on any atom is 0.256 e. The minimum atomic E-state index is -3.47. The zero-order valence-corrected chi connectivity index (χ0v) is 23.3. The highest BCUT2D eigenvalue weighted by Gasteiger charge is 2.37. The minimum absolute atomic E-state index is 0.234. The van der Waals surface area contributed by atoms with Crippen LogP contribution in [0.15, 0.2) is 49.2 Å². The molecular weight excluding hydrogens is 530 g/mol. The number of pyridine rings is 1. The van der Waals surface area contributed by atoms with Gasteiger partial charge in [0.15, 0.2) is 5.82 Å². The molecule has 2 aliphatic carbocycles. The van der Waals surface area contributed by atoms with Crippen LogP contribution in [0, 0.1) is 0 Å². The lowest BCUT2D eigenvalue weighted by atomic mass is 9.93. The van der Waals surface area contributed by atoms with Gasteiger partial charge in [-0.1, -0.05) is 0 Å². The van der Waals surface area contributed by atoms with Crippen LogP contribution in [0.4, 0.5) is 17.3 Å². The monoisotopic (exact) mass is 563 g/mol. The number of rotatable bonds is 9. The molecule has 4 aromatic rings. The van der Waals surface area contributed by atoms with Crippen molar-refractivity contribution in [2.45, 2.75) is 75.8 Å². The molecule has 12 nitrogen and oxygen atoms in total. The molecule has 0 saturated heterocycles. The highest BCUT2D eigenvalue weighted by molar-refractivity contribution is 7.90. The maximum absolute atomic E-state index is 12.5. The van der Waals surface area contributed by atoms with Crippen LogP contribution in [0.3, 0.4) is 0 Å². The Kier molecular flexibility index (Phi) is 7.00. The van der Waals surface area contributed by atoms with Crippen molar-refractivity contribution in [3.8, 4) is 22.6 Å². The molecule has 0 aromatic carbocycles. The van der Waals surface area contributed by atoms with Gasteiger partial charge in [0, 0.05) is 48.0 Å². The Morgan fingerprint density at radius 1 is 1.02 bits per heavy atom. The fraction of sp³-hybridized carbons (Fsp3) is 0.444. The van der Waals surface area contributed by atoms with Gasteiger partial charge in [-0.05, 0) is 64.5 Å². The van der Waals surface area contributed by atoms with Crippen molar-refractivity contribution in [3.63, 3.8) is 0 Å². The second-order valence-corrected chi connectivity index (χ2v) is 12.8. The molecule has 3 N–H and O–H groups in total. The lowest BCUT2D eigenvalue weighted by Gasteiger charge is -2.28. The smallest absolute Gasteiger partial charge is 0.256 e. The predicted molar refractivity (Wildman–Crippen MR) is 152 cm³/mol. The molecule has 13 heteroatoms. The molecule has 0 atom stereocenters. The Balaban J connectivity index is 1.26. The van der Waals surface area contributed by atoms with Gasteiger partial charge < -0.3 is 15.7 Å². The van der Waals surface area contributed by atoms with Crippen LogP contribution >= 0.6 is 0 Å². The van der Waals surface area contributed by atoms with Gasteiger partial charge in [-0.3, -0.25) is 4.68 Å². The highest BCUT2D eigenvalue weighted by atomic mass is 32.2. The van der Waals surface area contributed by atoms with E-state index >= 15 is 0 Å². The molecular formula is C27H33N9O3S. The van der Waals surface area contributed by atoms with E-state index in [1.165, 1.54) is 12.4 Å². The van der Waals surface area contributed by atoms with Crippen molar-refractivity contribution in [2.75, 3.05) is 10.6 Å². The lowest BCUT2D eigenvalue weighted by Crippen LogP contribution is -2.28. The molecule has 0 spiro atoms. The van der Waals surface area contributed by atoms with Gasteiger partial charge in [-0.15, -0.1) is 0 Å². The van der Waals surface area contributed by atoms with Gasteiger partial charge in [0.1, 0.15) is 11.6 Å². The molecule has 0 bridgehead atoms. The van der Waals surface area contributed by atoms with Crippen molar-refractivity contribution in [3.05, 3.63) is 49.2 Å². The topological polar surface area (TPSA) is 153 Å². The summed E-state index contributed by atoms with van der Waals surface area (Å²) in [6.45, 7) is 4.17. The number of hydrogen-bond donors (Lipinski definition) is 3. The summed E-state index contributed by atoms with van der Waals surface area (Å²) in [5.41, 5.74) is 3.13.